The number of aliphatic hydroxyl groups excluding tert-OH is 2. The second-order valence-electron chi connectivity index (χ2n) is 9.77. The van der Waals surface area contributed by atoms with E-state index in [0.717, 1.165) is 5.69 Å². The van der Waals surface area contributed by atoms with Crippen LogP contribution in [-0.2, 0) is 9.53 Å². The average Bonchev–Trinajstić information content (AvgIpc) is 3.34. The molecule has 2 atom stereocenters. The first kappa shape index (κ1) is 27.6. The third-order valence-corrected chi connectivity index (χ3v) is 6.79. The Hall–Kier alpha value is -3.93. The van der Waals surface area contributed by atoms with Gasteiger partial charge in [-0.2, -0.15) is 0 Å². The molecule has 40 heavy (non-hydrogen) atoms. The summed E-state index contributed by atoms with van der Waals surface area (Å²) in [6.45, 7) is 3.68. The Morgan fingerprint density at radius 1 is 1.07 bits per heavy atom. The number of carbonyl (C=O) groups is 1. The number of hydrogen-bond acceptors (Lipinski definition) is 8. The van der Waals surface area contributed by atoms with Crippen molar-refractivity contribution < 1.29 is 38.3 Å². The first-order valence-corrected chi connectivity index (χ1v) is 13.1. The third kappa shape index (κ3) is 6.11. The van der Waals surface area contributed by atoms with Crippen molar-refractivity contribution >= 4 is 27.7 Å². The number of hydrogen-bond donors (Lipinski definition) is 3. The van der Waals surface area contributed by atoms with Crippen molar-refractivity contribution in [3.63, 3.8) is 0 Å². The quantitative estimate of drug-likeness (QED) is 0.271. The number of carbonyl (C=O) groups excluding carboxylic acids is 1. The number of aromatic nitrogens is 2. The maximum absolute atomic E-state index is 15.1. The lowest BCUT2D eigenvalue weighted by molar-refractivity contribution is -0.137. The molecule has 3 N–H and O–H groups in total. The molecular formula is C29H32FN3O7. The highest BCUT2D eigenvalue weighted by molar-refractivity contribution is 5.89. The zero-order chi connectivity index (χ0) is 28.2. The van der Waals surface area contributed by atoms with Gasteiger partial charge in [-0.3, -0.25) is 9.78 Å². The Labute approximate surface area is 230 Å². The highest BCUT2D eigenvalue weighted by Crippen LogP contribution is 2.38. The molecule has 4 aromatic rings. The van der Waals surface area contributed by atoms with E-state index in [0.29, 0.717) is 65.4 Å². The van der Waals surface area contributed by atoms with Gasteiger partial charge in [0, 0.05) is 53.8 Å². The molecule has 0 aliphatic carbocycles. The van der Waals surface area contributed by atoms with Gasteiger partial charge >= 0.3 is 0 Å². The van der Waals surface area contributed by atoms with Gasteiger partial charge in [-0.1, -0.05) is 0 Å². The summed E-state index contributed by atoms with van der Waals surface area (Å²) >= 11 is 0. The molecule has 1 aliphatic rings. The molecular weight excluding hydrogens is 521 g/mol. The number of aryl methyl sites for hydroxylation is 1. The van der Waals surface area contributed by atoms with Crippen LogP contribution in [0.15, 0.2) is 42.6 Å². The van der Waals surface area contributed by atoms with Crippen LogP contribution in [0, 0.1) is 12.7 Å². The largest absolute Gasteiger partial charge is 0.493 e. The van der Waals surface area contributed by atoms with E-state index in [-0.39, 0.29) is 31.1 Å². The number of ether oxygens (including phenoxy) is 4. The van der Waals surface area contributed by atoms with Crippen LogP contribution < -0.4 is 14.2 Å². The van der Waals surface area contributed by atoms with E-state index in [2.05, 4.69) is 9.97 Å². The third-order valence-electron chi connectivity index (χ3n) is 6.79. The molecule has 3 heterocycles. The van der Waals surface area contributed by atoms with Gasteiger partial charge in [0.15, 0.2) is 23.1 Å². The lowest BCUT2D eigenvalue weighted by atomic mass is 10.1. The molecule has 1 saturated heterocycles. The zero-order valence-electron chi connectivity index (χ0n) is 22.4. The smallest absolute Gasteiger partial charge is 0.225 e. The van der Waals surface area contributed by atoms with Crippen molar-refractivity contribution in [1.82, 2.24) is 14.9 Å². The van der Waals surface area contributed by atoms with E-state index in [1.807, 2.05) is 6.92 Å². The maximum atomic E-state index is 15.1. The SMILES string of the molecule is COc1cc2c(Oc3ccc4[nH]c(C)cc4c3F)ccnc2cc1OCC(O)CC(O)CC(=O)N1CCOCC1. The van der Waals surface area contributed by atoms with Crippen molar-refractivity contribution in [3.05, 3.63) is 54.1 Å². The molecule has 5 rings (SSSR count). The molecule has 1 aliphatic heterocycles. The first-order chi connectivity index (χ1) is 19.3. The summed E-state index contributed by atoms with van der Waals surface area (Å²) < 4.78 is 37.6. The van der Waals surface area contributed by atoms with Gasteiger partial charge in [0.1, 0.15) is 12.4 Å². The molecule has 2 aromatic heterocycles. The van der Waals surface area contributed by atoms with Gasteiger partial charge in [-0.15, -0.1) is 0 Å². The normalized spacial score (nSPS) is 15.3. The minimum Gasteiger partial charge on any atom is -0.493 e. The fraction of sp³-hybridized carbons (Fsp3) is 0.379. The van der Waals surface area contributed by atoms with Crippen molar-refractivity contribution in [2.24, 2.45) is 0 Å². The highest BCUT2D eigenvalue weighted by Gasteiger charge is 2.22. The van der Waals surface area contributed by atoms with Gasteiger partial charge in [0.2, 0.25) is 5.91 Å². The van der Waals surface area contributed by atoms with Crippen LogP contribution in [-0.4, -0.2) is 83.2 Å². The van der Waals surface area contributed by atoms with E-state index in [1.54, 1.807) is 47.5 Å². The summed E-state index contributed by atoms with van der Waals surface area (Å²) in [5.41, 5.74) is 2.04. The molecule has 10 nitrogen and oxygen atoms in total. The van der Waals surface area contributed by atoms with Gasteiger partial charge in [0.25, 0.3) is 0 Å². The van der Waals surface area contributed by atoms with Crippen molar-refractivity contribution in [1.29, 1.82) is 0 Å². The van der Waals surface area contributed by atoms with Crippen molar-refractivity contribution in [3.8, 4) is 23.0 Å². The Balaban J connectivity index is 1.26. The number of pyridine rings is 1. The van der Waals surface area contributed by atoms with Crippen LogP contribution >= 0.6 is 0 Å². The number of fused-ring (bicyclic) bond motifs is 2. The van der Waals surface area contributed by atoms with E-state index in [1.165, 1.54) is 7.11 Å². The van der Waals surface area contributed by atoms with Gasteiger partial charge in [-0.05, 0) is 37.3 Å². The summed E-state index contributed by atoms with van der Waals surface area (Å²) in [5.74, 6) is 0.500. The van der Waals surface area contributed by atoms with Crippen LogP contribution in [0.1, 0.15) is 18.5 Å². The minimum atomic E-state index is -1.02. The van der Waals surface area contributed by atoms with E-state index < -0.39 is 18.0 Å². The standard InChI is InChI=1S/C29H32FN3O7/c1-17-11-21-22(32-17)3-4-25(29(21)30)40-24-5-6-31-23-15-27(26(37-2)14-20(23)24)39-16-19(35)12-18(34)13-28(36)33-7-9-38-10-8-33/h3-6,11,14-15,18-19,32,34-35H,7-10,12-13,16H2,1-2H3. The monoisotopic (exact) mass is 553 g/mol. The molecule has 1 fully saturated rings. The molecule has 0 radical (unpaired) electrons. The van der Waals surface area contributed by atoms with Gasteiger partial charge in [-0.25, -0.2) is 4.39 Å². The number of aromatic amines is 1. The van der Waals surface area contributed by atoms with E-state index >= 15 is 4.39 Å². The van der Waals surface area contributed by atoms with Gasteiger partial charge < -0.3 is 39.0 Å². The second kappa shape index (κ2) is 12.1. The maximum Gasteiger partial charge on any atom is 0.225 e. The van der Waals surface area contributed by atoms with Gasteiger partial charge in [0.05, 0.1) is 44.5 Å². The Bertz CT molecular complexity index is 1500. The predicted molar refractivity (Wildman–Crippen MR) is 146 cm³/mol. The Morgan fingerprint density at radius 2 is 1.88 bits per heavy atom. The number of morpholine rings is 1. The summed E-state index contributed by atoms with van der Waals surface area (Å²) in [5, 5.41) is 21.8. The number of aliphatic hydroxyl groups is 2. The molecule has 0 saturated carbocycles. The van der Waals surface area contributed by atoms with E-state index in [4.69, 9.17) is 18.9 Å². The predicted octanol–water partition coefficient (Wildman–Crippen LogP) is 3.70. The summed E-state index contributed by atoms with van der Waals surface area (Å²) in [6, 6.07) is 10.0. The summed E-state index contributed by atoms with van der Waals surface area (Å²) in [6.07, 6.45) is -0.602. The zero-order valence-corrected chi connectivity index (χ0v) is 22.4. The minimum absolute atomic E-state index is 0.0290. The summed E-state index contributed by atoms with van der Waals surface area (Å²) in [4.78, 5) is 21.5. The number of benzene rings is 2. The fourth-order valence-electron chi connectivity index (χ4n) is 4.77. The average molecular weight is 554 g/mol. The number of rotatable bonds is 10. The van der Waals surface area contributed by atoms with Crippen LogP contribution in [0.25, 0.3) is 21.8 Å². The molecule has 0 bridgehead atoms. The first-order valence-electron chi connectivity index (χ1n) is 13.1. The molecule has 2 unspecified atom stereocenters. The highest BCUT2D eigenvalue weighted by atomic mass is 19.1. The Morgan fingerprint density at radius 3 is 2.65 bits per heavy atom. The van der Waals surface area contributed by atoms with Crippen LogP contribution in [0.5, 0.6) is 23.0 Å². The lowest BCUT2D eigenvalue weighted by Gasteiger charge is -2.28. The molecule has 1 amide bonds. The topological polar surface area (TPSA) is 126 Å². The molecule has 11 heteroatoms. The van der Waals surface area contributed by atoms with Crippen molar-refractivity contribution in [2.75, 3.05) is 40.0 Å². The molecule has 0 spiro atoms. The van der Waals surface area contributed by atoms with Crippen LogP contribution in [0.4, 0.5) is 4.39 Å². The molecule has 2 aromatic carbocycles. The lowest BCUT2D eigenvalue weighted by Crippen LogP contribution is -2.42. The molecule has 212 valence electrons. The number of nitrogens with zero attached hydrogens (tertiary/aromatic N) is 2. The summed E-state index contributed by atoms with van der Waals surface area (Å²) in [7, 11) is 1.48. The number of halogens is 1. The number of amides is 1. The number of H-pyrrole nitrogens is 1. The fourth-order valence-corrected chi connectivity index (χ4v) is 4.77. The van der Waals surface area contributed by atoms with Crippen molar-refractivity contribution in [2.45, 2.75) is 32.0 Å². The van der Waals surface area contributed by atoms with E-state index in [9.17, 15) is 15.0 Å². The van der Waals surface area contributed by atoms with Crippen LogP contribution in [0.3, 0.4) is 0 Å². The number of nitrogens with one attached hydrogen (secondary N) is 1. The number of methoxy groups -OCH3 is 1. The second-order valence-corrected chi connectivity index (χ2v) is 9.77. The Kier molecular flexibility index (Phi) is 8.34. The van der Waals surface area contributed by atoms with Crippen LogP contribution in [0.2, 0.25) is 0 Å².